The van der Waals surface area contributed by atoms with Crippen molar-refractivity contribution >= 4 is 0 Å². The Bertz CT molecular complexity index is 1090. The maximum atomic E-state index is 10.3. The SMILES string of the molecule is COc1cc([C@H]2OC[C@H]3[C@@H]2CO[C@@H]3c2ccc(OC3O[C@H](CO)[C@@H](O)[C@H](O)[C@H]3O)c(OC)c2)ccc1O. The van der Waals surface area contributed by atoms with Crippen molar-refractivity contribution in [1.29, 1.82) is 0 Å². The fraction of sp³-hybridized carbons (Fsp3) is 0.538. The first-order chi connectivity index (χ1) is 17.9. The first kappa shape index (κ1) is 26.0. The van der Waals surface area contributed by atoms with Crippen molar-refractivity contribution in [3.05, 3.63) is 47.5 Å². The number of aliphatic hydroxyl groups excluding tert-OH is 4. The van der Waals surface area contributed by atoms with Crippen LogP contribution in [0.25, 0.3) is 0 Å². The van der Waals surface area contributed by atoms with Crippen LogP contribution in [0.2, 0.25) is 0 Å². The van der Waals surface area contributed by atoms with E-state index in [-0.39, 0.29) is 35.5 Å². The average molecular weight is 521 g/mol. The van der Waals surface area contributed by atoms with Crippen LogP contribution in [0.1, 0.15) is 23.3 Å². The van der Waals surface area contributed by atoms with Gasteiger partial charge in [-0.25, -0.2) is 0 Å². The summed E-state index contributed by atoms with van der Waals surface area (Å²) in [4.78, 5) is 0. The lowest BCUT2D eigenvalue weighted by molar-refractivity contribution is -0.277. The molecule has 11 heteroatoms. The predicted octanol–water partition coefficient (Wildman–Crippen LogP) is 0.663. The van der Waals surface area contributed by atoms with Crippen LogP contribution in [0, 0.1) is 11.8 Å². The van der Waals surface area contributed by atoms with E-state index in [4.69, 9.17) is 28.4 Å². The summed E-state index contributed by atoms with van der Waals surface area (Å²) in [5.74, 6) is 1.27. The number of aromatic hydroxyl groups is 1. The van der Waals surface area contributed by atoms with Crippen LogP contribution in [0.4, 0.5) is 0 Å². The average Bonchev–Trinajstić information content (AvgIpc) is 3.52. The van der Waals surface area contributed by atoms with E-state index in [1.54, 1.807) is 24.3 Å². The third-order valence-electron chi connectivity index (χ3n) is 7.40. The maximum absolute atomic E-state index is 10.3. The zero-order chi connectivity index (χ0) is 26.3. The highest BCUT2D eigenvalue weighted by atomic mass is 16.7. The van der Waals surface area contributed by atoms with Gasteiger partial charge in [0.05, 0.1) is 46.2 Å². The largest absolute Gasteiger partial charge is 0.504 e. The summed E-state index contributed by atoms with van der Waals surface area (Å²) in [6.45, 7) is 0.436. The van der Waals surface area contributed by atoms with Crippen LogP contribution in [-0.2, 0) is 14.2 Å². The van der Waals surface area contributed by atoms with Gasteiger partial charge < -0.3 is 54.0 Å². The monoisotopic (exact) mass is 520 g/mol. The summed E-state index contributed by atoms with van der Waals surface area (Å²) in [5.41, 5.74) is 1.77. The summed E-state index contributed by atoms with van der Waals surface area (Å²) in [6.07, 6.45) is -7.41. The lowest BCUT2D eigenvalue weighted by Gasteiger charge is -2.39. The summed E-state index contributed by atoms with van der Waals surface area (Å²) in [5, 5.41) is 49.7. The highest BCUT2D eigenvalue weighted by Crippen LogP contribution is 2.51. The zero-order valence-electron chi connectivity index (χ0n) is 20.5. The molecule has 0 aliphatic carbocycles. The molecule has 3 fully saturated rings. The van der Waals surface area contributed by atoms with Gasteiger partial charge >= 0.3 is 0 Å². The van der Waals surface area contributed by atoms with E-state index in [1.807, 2.05) is 12.1 Å². The molecule has 0 spiro atoms. The Morgan fingerprint density at radius 3 is 1.97 bits per heavy atom. The molecule has 0 saturated carbocycles. The Kier molecular flexibility index (Phi) is 7.46. The Balaban J connectivity index is 1.32. The third kappa shape index (κ3) is 4.72. The van der Waals surface area contributed by atoms with E-state index in [0.717, 1.165) is 11.1 Å². The van der Waals surface area contributed by atoms with Crippen molar-refractivity contribution in [1.82, 2.24) is 0 Å². The highest BCUT2D eigenvalue weighted by Gasteiger charge is 2.49. The van der Waals surface area contributed by atoms with Gasteiger partial charge in [-0.3, -0.25) is 0 Å². The standard InChI is InChI=1S/C26H32O11/c1-32-18-7-12(3-5-16(18)28)24-14-10-35-25(15(14)11-34-24)13-4-6-17(19(8-13)33-2)36-26-23(31)22(30)21(29)20(9-27)37-26/h3-8,14-15,20-31H,9-11H2,1-2H3/t14-,15-,20+,21+,22-,23+,24+,25+,26?/m0/s1. The Labute approximate surface area is 213 Å². The van der Waals surface area contributed by atoms with Crippen molar-refractivity contribution in [3.63, 3.8) is 0 Å². The molecule has 9 atom stereocenters. The Hall–Kier alpha value is -2.64. The van der Waals surface area contributed by atoms with Gasteiger partial charge in [-0.05, 0) is 35.4 Å². The maximum Gasteiger partial charge on any atom is 0.229 e. The second-order valence-corrected chi connectivity index (χ2v) is 9.49. The van der Waals surface area contributed by atoms with E-state index in [0.29, 0.717) is 24.7 Å². The topological polar surface area (TPSA) is 157 Å². The van der Waals surface area contributed by atoms with Crippen LogP contribution in [0.3, 0.4) is 0 Å². The fourth-order valence-electron chi connectivity index (χ4n) is 5.35. The second kappa shape index (κ2) is 10.6. The van der Waals surface area contributed by atoms with Crippen molar-refractivity contribution in [3.8, 4) is 23.0 Å². The van der Waals surface area contributed by atoms with Gasteiger partial charge in [-0.1, -0.05) is 12.1 Å². The van der Waals surface area contributed by atoms with Gasteiger partial charge in [-0.15, -0.1) is 0 Å². The second-order valence-electron chi connectivity index (χ2n) is 9.49. The summed E-state index contributed by atoms with van der Waals surface area (Å²) in [7, 11) is 2.98. The molecule has 37 heavy (non-hydrogen) atoms. The van der Waals surface area contributed by atoms with E-state index in [2.05, 4.69) is 0 Å². The van der Waals surface area contributed by atoms with Crippen LogP contribution in [-0.4, -0.2) is 90.3 Å². The number of hydrogen-bond acceptors (Lipinski definition) is 11. The fourth-order valence-corrected chi connectivity index (χ4v) is 5.35. The van der Waals surface area contributed by atoms with Gasteiger partial charge in [0.1, 0.15) is 24.4 Å². The first-order valence-corrected chi connectivity index (χ1v) is 12.1. The molecular formula is C26H32O11. The number of aliphatic hydroxyl groups is 4. The highest BCUT2D eigenvalue weighted by molar-refractivity contribution is 5.45. The van der Waals surface area contributed by atoms with Gasteiger partial charge in [0.25, 0.3) is 0 Å². The summed E-state index contributed by atoms with van der Waals surface area (Å²) in [6, 6.07) is 10.5. The van der Waals surface area contributed by atoms with Gasteiger partial charge in [-0.2, -0.15) is 0 Å². The summed E-state index contributed by atoms with van der Waals surface area (Å²) >= 11 is 0. The number of hydrogen-bond donors (Lipinski definition) is 5. The predicted molar refractivity (Wildman–Crippen MR) is 126 cm³/mol. The van der Waals surface area contributed by atoms with E-state index in [9.17, 15) is 25.5 Å². The quantitative estimate of drug-likeness (QED) is 0.349. The molecule has 1 unspecified atom stereocenters. The van der Waals surface area contributed by atoms with Gasteiger partial charge in [0.2, 0.25) is 6.29 Å². The lowest BCUT2D eigenvalue weighted by Crippen LogP contribution is -2.60. The molecule has 2 aromatic rings. The third-order valence-corrected chi connectivity index (χ3v) is 7.40. The molecule has 3 saturated heterocycles. The Morgan fingerprint density at radius 1 is 0.784 bits per heavy atom. The molecule has 0 aromatic heterocycles. The number of benzene rings is 2. The molecule has 5 N–H and O–H groups in total. The van der Waals surface area contributed by atoms with E-state index >= 15 is 0 Å². The number of phenolic OH excluding ortho intramolecular Hbond substituents is 1. The molecular weight excluding hydrogens is 488 g/mol. The molecule has 202 valence electrons. The van der Waals surface area contributed by atoms with Crippen molar-refractivity contribution in [2.24, 2.45) is 11.8 Å². The van der Waals surface area contributed by atoms with Crippen LogP contribution >= 0.6 is 0 Å². The van der Waals surface area contributed by atoms with E-state index in [1.165, 1.54) is 14.2 Å². The molecule has 3 aliphatic heterocycles. The number of rotatable bonds is 7. The normalized spacial score (nSPS) is 35.2. The number of phenols is 1. The first-order valence-electron chi connectivity index (χ1n) is 12.1. The molecule has 2 aromatic carbocycles. The zero-order valence-corrected chi connectivity index (χ0v) is 20.5. The van der Waals surface area contributed by atoms with Gasteiger partial charge in [0.15, 0.2) is 23.0 Å². The van der Waals surface area contributed by atoms with Crippen molar-refractivity contribution in [2.75, 3.05) is 34.0 Å². The van der Waals surface area contributed by atoms with Crippen LogP contribution in [0.15, 0.2) is 36.4 Å². The Morgan fingerprint density at radius 2 is 1.38 bits per heavy atom. The molecule has 5 rings (SSSR count). The molecule has 11 nitrogen and oxygen atoms in total. The number of methoxy groups -OCH3 is 2. The lowest BCUT2D eigenvalue weighted by atomic mass is 9.85. The minimum atomic E-state index is -1.55. The minimum Gasteiger partial charge on any atom is -0.504 e. The van der Waals surface area contributed by atoms with E-state index < -0.39 is 37.3 Å². The van der Waals surface area contributed by atoms with Crippen LogP contribution < -0.4 is 14.2 Å². The molecule has 0 bridgehead atoms. The molecule has 3 aliphatic rings. The number of fused-ring (bicyclic) bond motifs is 1. The summed E-state index contributed by atoms with van der Waals surface area (Å²) < 4.78 is 34.3. The van der Waals surface area contributed by atoms with Crippen LogP contribution in [0.5, 0.6) is 23.0 Å². The smallest absolute Gasteiger partial charge is 0.229 e. The molecule has 0 radical (unpaired) electrons. The molecule has 3 heterocycles. The minimum absolute atomic E-state index is 0.0689. The molecule has 0 amide bonds. The number of ether oxygens (including phenoxy) is 6. The van der Waals surface area contributed by atoms with Crippen molar-refractivity contribution < 1.29 is 54.0 Å². The van der Waals surface area contributed by atoms with Crippen molar-refractivity contribution in [2.45, 2.75) is 42.9 Å². The van der Waals surface area contributed by atoms with Gasteiger partial charge in [0, 0.05) is 11.8 Å².